The van der Waals surface area contributed by atoms with Crippen LogP contribution in [0, 0.1) is 12.7 Å². The molecule has 2 aromatic carbocycles. The van der Waals surface area contributed by atoms with Crippen LogP contribution in [-0.4, -0.2) is 20.9 Å². The summed E-state index contributed by atoms with van der Waals surface area (Å²) in [6.45, 7) is 6.01. The molecule has 0 spiro atoms. The largest absolute Gasteiger partial charge is 0.379 e. The van der Waals surface area contributed by atoms with Crippen LogP contribution in [0.4, 0.5) is 10.1 Å². The van der Waals surface area contributed by atoms with Gasteiger partial charge in [0.05, 0.1) is 21.9 Å². The summed E-state index contributed by atoms with van der Waals surface area (Å²) in [4.78, 5) is 25.0. The van der Waals surface area contributed by atoms with Crippen molar-refractivity contribution < 1.29 is 9.18 Å². The fraction of sp³-hybridized carbons (Fsp3) is 0.200. The van der Waals surface area contributed by atoms with Crippen LogP contribution in [0.3, 0.4) is 0 Å². The van der Waals surface area contributed by atoms with Crippen molar-refractivity contribution in [1.29, 1.82) is 0 Å². The molecule has 4 rings (SSSR count). The van der Waals surface area contributed by atoms with E-state index in [1.807, 2.05) is 39.0 Å². The molecular weight excluding hydrogens is 441 g/mol. The number of nitrogens with two attached hydrogens (primary N) is 1. The molecule has 0 saturated heterocycles. The lowest BCUT2D eigenvalue weighted by Gasteiger charge is -2.15. The number of primary amides is 1. The Morgan fingerprint density at radius 1 is 1.12 bits per heavy atom. The van der Waals surface area contributed by atoms with Crippen LogP contribution in [0.15, 0.2) is 48.8 Å². The van der Waals surface area contributed by atoms with Crippen LogP contribution in [0.25, 0.3) is 22.0 Å². The Morgan fingerprint density at radius 2 is 1.85 bits per heavy atom. The fourth-order valence-electron chi connectivity index (χ4n) is 3.55. The molecule has 0 unspecified atom stereocenters. The molecule has 0 saturated carbocycles. The minimum Gasteiger partial charge on any atom is -0.379 e. The smallest absolute Gasteiger partial charge is 0.248 e. The maximum absolute atomic E-state index is 14.4. The van der Waals surface area contributed by atoms with Crippen molar-refractivity contribution in [2.24, 2.45) is 5.73 Å². The summed E-state index contributed by atoms with van der Waals surface area (Å²) >= 11 is 6.60. The van der Waals surface area contributed by atoms with E-state index < -0.39 is 11.7 Å². The molecule has 168 valence electrons. The summed E-state index contributed by atoms with van der Waals surface area (Å²) in [7, 11) is 0. The first-order valence-corrected chi connectivity index (χ1v) is 10.9. The highest BCUT2D eigenvalue weighted by atomic mass is 35.5. The molecule has 8 heteroatoms. The Balaban J connectivity index is 1.74. The van der Waals surface area contributed by atoms with Gasteiger partial charge >= 0.3 is 0 Å². The first-order valence-electron chi connectivity index (χ1n) is 10.5. The average molecular weight is 464 g/mol. The quantitative estimate of drug-likeness (QED) is 0.386. The molecule has 3 N–H and O–H groups in total. The number of pyridine rings is 1. The predicted molar refractivity (Wildman–Crippen MR) is 129 cm³/mol. The molecule has 0 fully saturated rings. The van der Waals surface area contributed by atoms with Gasteiger partial charge in [-0.3, -0.25) is 9.78 Å². The monoisotopic (exact) mass is 463 g/mol. The minimum atomic E-state index is -0.616. The molecule has 0 aliphatic rings. The number of benzene rings is 2. The normalized spacial score (nSPS) is 11.2. The van der Waals surface area contributed by atoms with Crippen LogP contribution in [-0.2, 0) is 6.54 Å². The van der Waals surface area contributed by atoms with Crippen molar-refractivity contribution in [2.45, 2.75) is 33.2 Å². The number of carbonyl (C=O) groups excluding carboxylic acids is 1. The number of carbonyl (C=O) groups is 1. The molecular formula is C25H23ClFN5O. The maximum atomic E-state index is 14.4. The van der Waals surface area contributed by atoms with Crippen molar-refractivity contribution in [2.75, 3.05) is 5.32 Å². The van der Waals surface area contributed by atoms with Gasteiger partial charge in [0.15, 0.2) is 0 Å². The molecule has 2 aromatic heterocycles. The number of fused-ring (bicyclic) bond motifs is 1. The predicted octanol–water partition coefficient (Wildman–Crippen LogP) is 5.63. The van der Waals surface area contributed by atoms with E-state index in [4.69, 9.17) is 17.3 Å². The maximum Gasteiger partial charge on any atom is 0.248 e. The third-order valence-electron chi connectivity index (χ3n) is 5.40. The molecule has 6 nitrogen and oxygen atoms in total. The molecule has 0 bridgehead atoms. The van der Waals surface area contributed by atoms with Gasteiger partial charge in [-0.2, -0.15) is 0 Å². The second-order valence-electron chi connectivity index (χ2n) is 8.13. The Labute approximate surface area is 196 Å². The fourth-order valence-corrected chi connectivity index (χ4v) is 3.76. The number of nitrogens with zero attached hydrogens (tertiary/aromatic N) is 3. The van der Waals surface area contributed by atoms with E-state index >= 15 is 0 Å². The van der Waals surface area contributed by atoms with Crippen LogP contribution in [0.2, 0.25) is 5.02 Å². The number of hydrogen-bond acceptors (Lipinski definition) is 5. The van der Waals surface area contributed by atoms with E-state index in [0.717, 1.165) is 27.9 Å². The van der Waals surface area contributed by atoms with E-state index in [1.165, 1.54) is 18.2 Å². The lowest BCUT2D eigenvalue weighted by atomic mass is 10.0. The second-order valence-corrected chi connectivity index (χ2v) is 8.50. The highest BCUT2D eigenvalue weighted by Gasteiger charge is 2.14. The van der Waals surface area contributed by atoms with Gasteiger partial charge in [-0.1, -0.05) is 31.5 Å². The first kappa shape index (κ1) is 22.6. The van der Waals surface area contributed by atoms with Gasteiger partial charge in [0.25, 0.3) is 0 Å². The van der Waals surface area contributed by atoms with E-state index in [1.54, 1.807) is 12.4 Å². The Kier molecular flexibility index (Phi) is 6.24. The van der Waals surface area contributed by atoms with Crippen molar-refractivity contribution in [3.05, 3.63) is 82.3 Å². The summed E-state index contributed by atoms with van der Waals surface area (Å²) in [5.41, 5.74) is 9.67. The topological polar surface area (TPSA) is 93.8 Å². The highest BCUT2D eigenvalue weighted by Crippen LogP contribution is 2.35. The molecule has 0 atom stereocenters. The van der Waals surface area contributed by atoms with Gasteiger partial charge in [0.1, 0.15) is 11.6 Å². The summed E-state index contributed by atoms with van der Waals surface area (Å²) in [5, 5.41) is 4.45. The average Bonchev–Trinajstić information content (AvgIpc) is 2.80. The van der Waals surface area contributed by atoms with Crippen molar-refractivity contribution in [3.63, 3.8) is 0 Å². The zero-order valence-corrected chi connectivity index (χ0v) is 19.2. The molecule has 4 aromatic rings. The highest BCUT2D eigenvalue weighted by molar-refractivity contribution is 6.35. The number of hydrogen-bond donors (Lipinski definition) is 2. The number of anilines is 1. The summed E-state index contributed by atoms with van der Waals surface area (Å²) in [6.07, 6.45) is 3.59. The third-order valence-corrected chi connectivity index (χ3v) is 5.86. The first-order chi connectivity index (χ1) is 15.7. The van der Waals surface area contributed by atoms with Crippen molar-refractivity contribution >= 4 is 34.1 Å². The SMILES string of the molecule is Cc1nc2ccc(-c3cnc(C(C)C)nc3)cc2c(NCc2cc(C(N)=O)ccc2F)c1Cl. The Bertz CT molecular complexity index is 1360. The zero-order valence-electron chi connectivity index (χ0n) is 18.5. The molecule has 0 aliphatic heterocycles. The van der Waals surface area contributed by atoms with Gasteiger partial charge in [0.2, 0.25) is 5.91 Å². The summed E-state index contributed by atoms with van der Waals surface area (Å²) in [5.74, 6) is -0.0371. The number of rotatable bonds is 6. The van der Waals surface area contributed by atoms with E-state index in [2.05, 4.69) is 20.3 Å². The van der Waals surface area contributed by atoms with Crippen LogP contribution < -0.4 is 11.1 Å². The molecule has 0 aliphatic carbocycles. The lowest BCUT2D eigenvalue weighted by molar-refractivity contribution is 0.1000. The molecule has 33 heavy (non-hydrogen) atoms. The Hall–Kier alpha value is -3.58. The third kappa shape index (κ3) is 4.64. The number of aromatic nitrogens is 3. The number of amides is 1. The van der Waals surface area contributed by atoms with Gasteiger partial charge in [-0.05, 0) is 42.8 Å². The number of aryl methyl sites for hydroxylation is 1. The zero-order chi connectivity index (χ0) is 23.7. The summed E-state index contributed by atoms with van der Waals surface area (Å²) in [6, 6.07) is 9.85. The number of nitrogens with one attached hydrogen (secondary N) is 1. The van der Waals surface area contributed by atoms with Gasteiger partial charge < -0.3 is 11.1 Å². The van der Waals surface area contributed by atoms with Gasteiger partial charge in [-0.25, -0.2) is 14.4 Å². The standard InChI is InChI=1S/C25H23ClFN5O/c1-13(2)25-30-11-18(12-31-25)15-5-7-21-19(9-15)23(22(26)14(3)32-21)29-10-17-8-16(24(28)33)4-6-20(17)27/h4-9,11-13H,10H2,1-3H3,(H2,28,33)(H,29,32). The second kappa shape index (κ2) is 9.11. The van der Waals surface area contributed by atoms with Crippen LogP contribution >= 0.6 is 11.6 Å². The van der Waals surface area contributed by atoms with Crippen LogP contribution in [0.5, 0.6) is 0 Å². The van der Waals surface area contributed by atoms with Crippen molar-refractivity contribution in [3.8, 4) is 11.1 Å². The minimum absolute atomic E-state index is 0.113. The van der Waals surface area contributed by atoms with Crippen molar-refractivity contribution in [1.82, 2.24) is 15.0 Å². The Morgan fingerprint density at radius 3 is 2.52 bits per heavy atom. The number of halogens is 2. The van der Waals surface area contributed by atoms with Crippen LogP contribution in [0.1, 0.15) is 47.2 Å². The molecule has 0 radical (unpaired) electrons. The van der Waals surface area contributed by atoms with E-state index in [9.17, 15) is 9.18 Å². The van der Waals surface area contributed by atoms with E-state index in [0.29, 0.717) is 22.0 Å². The van der Waals surface area contributed by atoms with Gasteiger partial charge in [-0.15, -0.1) is 0 Å². The van der Waals surface area contributed by atoms with Gasteiger partial charge in [0, 0.05) is 46.9 Å². The van der Waals surface area contributed by atoms with E-state index in [-0.39, 0.29) is 18.0 Å². The lowest BCUT2D eigenvalue weighted by Crippen LogP contribution is -2.12. The molecule has 1 amide bonds. The summed E-state index contributed by atoms with van der Waals surface area (Å²) < 4.78 is 14.4. The molecule has 2 heterocycles.